The number of carbonyl (C=O) groups is 2. The van der Waals surface area contributed by atoms with Crippen LogP contribution in [0.25, 0.3) is 5.69 Å². The first-order valence-electron chi connectivity index (χ1n) is 11.1. The van der Waals surface area contributed by atoms with Crippen LogP contribution in [0.2, 0.25) is 0 Å². The fraction of sp³-hybridized carbons (Fsp3) is 0.522. The summed E-state index contributed by atoms with van der Waals surface area (Å²) in [6.07, 6.45) is 8.50. The summed E-state index contributed by atoms with van der Waals surface area (Å²) in [6.45, 7) is 5.25. The minimum absolute atomic E-state index is 0.185. The van der Waals surface area contributed by atoms with E-state index in [1.165, 1.54) is 6.42 Å². The Labute approximate surface area is 178 Å². The number of carbonyl (C=O) groups excluding carboxylic acids is 2. The van der Waals surface area contributed by atoms with Crippen LogP contribution in [0, 0.1) is 0 Å². The molecule has 0 unspecified atom stereocenters. The average molecular weight is 410 g/mol. The number of piperidine rings is 1. The molecule has 3 heterocycles. The number of piperazine rings is 1. The number of hydrogen-bond acceptors (Lipinski definition) is 4. The Balaban J connectivity index is 1.19. The number of aryl methyl sites for hydroxylation is 1. The maximum absolute atomic E-state index is 12.6. The highest BCUT2D eigenvalue weighted by Crippen LogP contribution is 2.12. The van der Waals surface area contributed by atoms with Crippen molar-refractivity contribution in [3.63, 3.8) is 0 Å². The van der Waals surface area contributed by atoms with E-state index in [9.17, 15) is 9.59 Å². The Morgan fingerprint density at radius 1 is 0.833 bits per heavy atom. The van der Waals surface area contributed by atoms with Crippen molar-refractivity contribution in [2.75, 3.05) is 45.8 Å². The maximum Gasteiger partial charge on any atom is 0.236 e. The molecule has 7 nitrogen and oxygen atoms in total. The second kappa shape index (κ2) is 9.89. The van der Waals surface area contributed by atoms with E-state index < -0.39 is 0 Å². The quantitative estimate of drug-likeness (QED) is 0.732. The van der Waals surface area contributed by atoms with Crippen LogP contribution in [-0.2, 0) is 16.0 Å². The van der Waals surface area contributed by atoms with Gasteiger partial charge in [0, 0.05) is 51.9 Å². The van der Waals surface area contributed by atoms with E-state index in [-0.39, 0.29) is 11.8 Å². The molecule has 0 spiro atoms. The van der Waals surface area contributed by atoms with E-state index >= 15 is 0 Å². The van der Waals surface area contributed by atoms with E-state index in [1.54, 1.807) is 0 Å². The van der Waals surface area contributed by atoms with Crippen LogP contribution in [0.15, 0.2) is 42.7 Å². The van der Waals surface area contributed by atoms with Crippen LogP contribution in [0.3, 0.4) is 0 Å². The third kappa shape index (κ3) is 5.27. The van der Waals surface area contributed by atoms with Gasteiger partial charge in [-0.15, -0.1) is 0 Å². The van der Waals surface area contributed by atoms with Gasteiger partial charge in [-0.2, -0.15) is 5.10 Å². The Bertz CT molecular complexity index is 836. The van der Waals surface area contributed by atoms with Crippen molar-refractivity contribution in [2.45, 2.75) is 32.1 Å². The summed E-state index contributed by atoms with van der Waals surface area (Å²) in [5, 5.41) is 4.40. The van der Waals surface area contributed by atoms with E-state index in [2.05, 4.69) is 10.00 Å². The SMILES string of the molecule is O=C(CCc1cnn(-c2ccccc2)c1)N1CCN(CC(=O)N2CCCCC2)CC1. The van der Waals surface area contributed by atoms with Gasteiger partial charge >= 0.3 is 0 Å². The molecule has 160 valence electrons. The zero-order valence-electron chi connectivity index (χ0n) is 17.6. The van der Waals surface area contributed by atoms with Crippen LogP contribution >= 0.6 is 0 Å². The molecule has 0 atom stereocenters. The van der Waals surface area contributed by atoms with E-state index in [0.717, 1.165) is 50.3 Å². The second-order valence-electron chi connectivity index (χ2n) is 8.23. The summed E-state index contributed by atoms with van der Waals surface area (Å²) in [4.78, 5) is 31.2. The van der Waals surface area contributed by atoms with E-state index in [1.807, 2.05) is 57.2 Å². The number of likely N-dealkylation sites (tertiary alicyclic amines) is 1. The van der Waals surface area contributed by atoms with Gasteiger partial charge in [0.25, 0.3) is 0 Å². The Morgan fingerprint density at radius 2 is 1.53 bits per heavy atom. The largest absolute Gasteiger partial charge is 0.342 e. The summed E-state index contributed by atoms with van der Waals surface area (Å²) in [5.41, 5.74) is 2.09. The van der Waals surface area contributed by atoms with Crippen molar-refractivity contribution in [1.82, 2.24) is 24.5 Å². The topological polar surface area (TPSA) is 61.7 Å². The molecule has 0 saturated carbocycles. The molecule has 7 heteroatoms. The molecule has 2 amide bonds. The van der Waals surface area contributed by atoms with E-state index in [4.69, 9.17) is 0 Å². The molecular formula is C23H31N5O2. The van der Waals surface area contributed by atoms with Crippen LogP contribution in [0.1, 0.15) is 31.2 Å². The summed E-state index contributed by atoms with van der Waals surface area (Å²) in [5.74, 6) is 0.425. The summed E-state index contributed by atoms with van der Waals surface area (Å²) < 4.78 is 1.85. The molecule has 0 aliphatic carbocycles. The van der Waals surface area contributed by atoms with Crippen LogP contribution in [0.5, 0.6) is 0 Å². The highest BCUT2D eigenvalue weighted by molar-refractivity contribution is 5.78. The standard InChI is InChI=1S/C23H31N5O2/c29-22(10-9-20-17-24-28(18-20)21-7-3-1-4-8-21)27-15-13-25(14-16-27)19-23(30)26-11-5-2-6-12-26/h1,3-4,7-8,17-18H,2,5-6,9-16,19H2. The molecule has 1 aromatic carbocycles. The first kappa shape index (κ1) is 20.6. The molecule has 4 rings (SSSR count). The zero-order valence-corrected chi connectivity index (χ0v) is 17.6. The molecule has 2 aliphatic heterocycles. The molecule has 1 aromatic heterocycles. The number of benzene rings is 1. The number of amides is 2. The van der Waals surface area contributed by atoms with Gasteiger partial charge in [0.05, 0.1) is 18.4 Å². The van der Waals surface area contributed by atoms with Gasteiger partial charge in [0.2, 0.25) is 11.8 Å². The minimum Gasteiger partial charge on any atom is -0.342 e. The van der Waals surface area contributed by atoms with Crippen molar-refractivity contribution in [2.24, 2.45) is 0 Å². The van der Waals surface area contributed by atoms with Gasteiger partial charge in [0.1, 0.15) is 0 Å². The first-order chi connectivity index (χ1) is 14.7. The summed E-state index contributed by atoms with van der Waals surface area (Å²) >= 11 is 0. The number of aromatic nitrogens is 2. The number of para-hydroxylation sites is 1. The lowest BCUT2D eigenvalue weighted by molar-refractivity contribution is -0.135. The van der Waals surface area contributed by atoms with Gasteiger partial charge in [-0.1, -0.05) is 18.2 Å². The highest BCUT2D eigenvalue weighted by Gasteiger charge is 2.24. The summed E-state index contributed by atoms with van der Waals surface area (Å²) in [7, 11) is 0. The van der Waals surface area contributed by atoms with Crippen molar-refractivity contribution >= 4 is 11.8 Å². The molecule has 0 N–H and O–H groups in total. The molecule has 2 aliphatic rings. The molecule has 0 bridgehead atoms. The van der Waals surface area contributed by atoms with Crippen molar-refractivity contribution in [3.05, 3.63) is 48.3 Å². The van der Waals surface area contributed by atoms with Crippen molar-refractivity contribution < 1.29 is 9.59 Å². The van der Waals surface area contributed by atoms with Crippen LogP contribution < -0.4 is 0 Å². The fourth-order valence-corrected chi connectivity index (χ4v) is 4.21. The first-order valence-corrected chi connectivity index (χ1v) is 11.1. The average Bonchev–Trinajstić information content (AvgIpc) is 3.28. The molecule has 30 heavy (non-hydrogen) atoms. The fourth-order valence-electron chi connectivity index (χ4n) is 4.21. The van der Waals surface area contributed by atoms with Gasteiger partial charge in [-0.25, -0.2) is 4.68 Å². The third-order valence-electron chi connectivity index (χ3n) is 6.08. The second-order valence-corrected chi connectivity index (χ2v) is 8.23. The summed E-state index contributed by atoms with van der Waals surface area (Å²) in [6, 6.07) is 9.98. The Hall–Kier alpha value is -2.67. The molecule has 2 aromatic rings. The molecule has 2 saturated heterocycles. The van der Waals surface area contributed by atoms with Crippen molar-refractivity contribution in [3.8, 4) is 5.69 Å². The lowest BCUT2D eigenvalue weighted by Gasteiger charge is -2.36. The lowest BCUT2D eigenvalue weighted by atomic mass is 10.1. The predicted octanol–water partition coefficient (Wildman–Crippen LogP) is 1.96. The Kier molecular flexibility index (Phi) is 6.79. The zero-order chi connectivity index (χ0) is 20.8. The van der Waals surface area contributed by atoms with Gasteiger partial charge < -0.3 is 9.80 Å². The number of hydrogen-bond donors (Lipinski definition) is 0. The number of nitrogens with zero attached hydrogens (tertiary/aromatic N) is 5. The molecule has 0 radical (unpaired) electrons. The Morgan fingerprint density at radius 3 is 2.27 bits per heavy atom. The van der Waals surface area contributed by atoms with Crippen LogP contribution in [0.4, 0.5) is 0 Å². The predicted molar refractivity (Wildman–Crippen MR) is 115 cm³/mol. The monoisotopic (exact) mass is 409 g/mol. The van der Waals surface area contributed by atoms with Crippen molar-refractivity contribution in [1.29, 1.82) is 0 Å². The van der Waals surface area contributed by atoms with Gasteiger partial charge in [0.15, 0.2) is 0 Å². The highest BCUT2D eigenvalue weighted by atomic mass is 16.2. The lowest BCUT2D eigenvalue weighted by Crippen LogP contribution is -2.52. The number of rotatable bonds is 6. The minimum atomic E-state index is 0.185. The molecule has 2 fully saturated rings. The third-order valence-corrected chi connectivity index (χ3v) is 6.08. The maximum atomic E-state index is 12.6. The normalized spacial score (nSPS) is 17.9. The van der Waals surface area contributed by atoms with Gasteiger partial charge in [-0.05, 0) is 43.4 Å². The van der Waals surface area contributed by atoms with E-state index in [0.29, 0.717) is 32.5 Å². The van der Waals surface area contributed by atoms with Crippen LogP contribution in [-0.4, -0.2) is 82.1 Å². The molecular weight excluding hydrogens is 378 g/mol. The van der Waals surface area contributed by atoms with Gasteiger partial charge in [-0.3, -0.25) is 14.5 Å². The smallest absolute Gasteiger partial charge is 0.236 e.